The number of nitrogens with two attached hydrogens (primary N) is 1. The topological polar surface area (TPSA) is 81.1 Å². The van der Waals surface area contributed by atoms with Crippen LogP contribution in [0.4, 0.5) is 0 Å². The molecular formula is C24H23N3O2. The lowest BCUT2D eigenvalue weighted by Crippen LogP contribution is -2.40. The van der Waals surface area contributed by atoms with Gasteiger partial charge in [0, 0.05) is 46.4 Å². The molecule has 0 atom stereocenters. The Bertz CT molecular complexity index is 1160. The van der Waals surface area contributed by atoms with Gasteiger partial charge >= 0.3 is 0 Å². The molecule has 0 unspecified atom stereocenters. The van der Waals surface area contributed by atoms with Crippen LogP contribution in [-0.4, -0.2) is 23.0 Å². The Hall–Kier alpha value is -3.18. The molecule has 1 saturated carbocycles. The number of amides is 1. The Morgan fingerprint density at radius 2 is 1.83 bits per heavy atom. The zero-order valence-electron chi connectivity index (χ0n) is 16.1. The molecule has 4 aromatic rings. The number of hydrogen-bond donors (Lipinski definition) is 2. The van der Waals surface area contributed by atoms with Crippen molar-refractivity contribution in [3.8, 4) is 11.3 Å². The molecule has 5 rings (SSSR count). The summed E-state index contributed by atoms with van der Waals surface area (Å²) >= 11 is 0. The molecule has 2 aromatic carbocycles. The molecule has 1 aliphatic rings. The highest BCUT2D eigenvalue weighted by Gasteiger charge is 2.21. The highest BCUT2D eigenvalue weighted by atomic mass is 16.3. The Labute approximate surface area is 168 Å². The van der Waals surface area contributed by atoms with E-state index < -0.39 is 0 Å². The molecule has 29 heavy (non-hydrogen) atoms. The van der Waals surface area contributed by atoms with Gasteiger partial charge < -0.3 is 15.5 Å². The van der Waals surface area contributed by atoms with Gasteiger partial charge in [-0.2, -0.15) is 0 Å². The summed E-state index contributed by atoms with van der Waals surface area (Å²) in [5, 5.41) is 6.14. The summed E-state index contributed by atoms with van der Waals surface area (Å²) in [5.41, 5.74) is 8.35. The molecule has 1 aliphatic carbocycles. The Morgan fingerprint density at radius 3 is 2.66 bits per heavy atom. The number of furan rings is 1. The second-order valence-corrected chi connectivity index (χ2v) is 7.86. The maximum Gasteiger partial charge on any atom is 0.251 e. The second kappa shape index (κ2) is 7.33. The molecule has 0 radical (unpaired) electrons. The third kappa shape index (κ3) is 3.49. The fraction of sp³-hybridized carbons (Fsp3) is 0.250. The lowest BCUT2D eigenvalue weighted by Gasteiger charge is -2.26. The molecular weight excluding hydrogens is 362 g/mol. The molecule has 146 valence electrons. The van der Waals surface area contributed by atoms with Crippen LogP contribution >= 0.6 is 0 Å². The zero-order chi connectivity index (χ0) is 19.8. The van der Waals surface area contributed by atoms with E-state index in [-0.39, 0.29) is 18.0 Å². The molecule has 1 fully saturated rings. The predicted octanol–water partition coefficient (Wildman–Crippen LogP) is 4.65. The molecule has 0 spiro atoms. The van der Waals surface area contributed by atoms with Crippen LogP contribution in [0.3, 0.4) is 0 Å². The van der Waals surface area contributed by atoms with Crippen molar-refractivity contribution in [2.45, 2.75) is 37.8 Å². The van der Waals surface area contributed by atoms with E-state index in [2.05, 4.69) is 10.3 Å². The van der Waals surface area contributed by atoms with Crippen LogP contribution in [0.2, 0.25) is 0 Å². The number of para-hydroxylation sites is 1. The Balaban J connectivity index is 1.49. The monoisotopic (exact) mass is 385 g/mol. The Morgan fingerprint density at radius 1 is 1.00 bits per heavy atom. The fourth-order valence-electron chi connectivity index (χ4n) is 4.15. The predicted molar refractivity (Wildman–Crippen MR) is 115 cm³/mol. The molecule has 0 saturated heterocycles. The molecule has 3 N–H and O–H groups in total. The summed E-state index contributed by atoms with van der Waals surface area (Å²) in [5.74, 6) is 0.711. The van der Waals surface area contributed by atoms with E-state index in [0.717, 1.165) is 58.7 Å². The molecule has 5 heteroatoms. The SMILES string of the molecule is NC1CCC(NC(=O)c2ccc3cncc(-c4cc5ccccc5o4)c3c2)CC1. The van der Waals surface area contributed by atoms with E-state index in [1.807, 2.05) is 54.7 Å². The van der Waals surface area contributed by atoms with Crippen molar-refractivity contribution in [3.05, 3.63) is 66.5 Å². The molecule has 0 aliphatic heterocycles. The maximum atomic E-state index is 12.8. The number of pyridine rings is 1. The number of aromatic nitrogens is 1. The molecule has 2 aromatic heterocycles. The minimum Gasteiger partial charge on any atom is -0.456 e. The van der Waals surface area contributed by atoms with Crippen molar-refractivity contribution in [1.29, 1.82) is 0 Å². The largest absolute Gasteiger partial charge is 0.456 e. The average Bonchev–Trinajstić information content (AvgIpc) is 3.18. The van der Waals surface area contributed by atoms with Gasteiger partial charge in [-0.15, -0.1) is 0 Å². The van der Waals surface area contributed by atoms with Gasteiger partial charge in [0.25, 0.3) is 5.91 Å². The van der Waals surface area contributed by atoms with Crippen molar-refractivity contribution in [2.75, 3.05) is 0 Å². The van der Waals surface area contributed by atoms with Gasteiger partial charge in [0.1, 0.15) is 11.3 Å². The van der Waals surface area contributed by atoms with Gasteiger partial charge in [-0.25, -0.2) is 0 Å². The van der Waals surface area contributed by atoms with E-state index in [1.54, 1.807) is 6.20 Å². The van der Waals surface area contributed by atoms with E-state index in [4.69, 9.17) is 10.2 Å². The molecule has 0 bridgehead atoms. The van der Waals surface area contributed by atoms with Crippen molar-refractivity contribution < 1.29 is 9.21 Å². The summed E-state index contributed by atoms with van der Waals surface area (Å²) < 4.78 is 6.04. The van der Waals surface area contributed by atoms with Crippen LogP contribution in [-0.2, 0) is 0 Å². The minimum atomic E-state index is -0.0419. The van der Waals surface area contributed by atoms with E-state index in [1.165, 1.54) is 0 Å². The van der Waals surface area contributed by atoms with Crippen LogP contribution in [0.5, 0.6) is 0 Å². The van der Waals surface area contributed by atoms with Gasteiger partial charge in [0.05, 0.1) is 0 Å². The van der Waals surface area contributed by atoms with E-state index in [9.17, 15) is 4.79 Å². The average molecular weight is 385 g/mol. The van der Waals surface area contributed by atoms with Crippen LogP contribution in [0.1, 0.15) is 36.0 Å². The van der Waals surface area contributed by atoms with E-state index in [0.29, 0.717) is 5.56 Å². The number of carbonyl (C=O) groups is 1. The zero-order valence-corrected chi connectivity index (χ0v) is 16.1. The summed E-state index contributed by atoms with van der Waals surface area (Å²) in [4.78, 5) is 17.2. The first kappa shape index (κ1) is 17.9. The van der Waals surface area contributed by atoms with Gasteiger partial charge in [0.15, 0.2) is 0 Å². The number of hydrogen-bond acceptors (Lipinski definition) is 4. The number of benzene rings is 2. The summed E-state index contributed by atoms with van der Waals surface area (Å²) in [6.45, 7) is 0. The first-order valence-corrected chi connectivity index (χ1v) is 10.1. The first-order chi connectivity index (χ1) is 14.2. The highest BCUT2D eigenvalue weighted by Crippen LogP contribution is 2.32. The van der Waals surface area contributed by atoms with Crippen LogP contribution in [0, 0.1) is 0 Å². The first-order valence-electron chi connectivity index (χ1n) is 10.1. The summed E-state index contributed by atoms with van der Waals surface area (Å²) in [6, 6.07) is 16.1. The van der Waals surface area contributed by atoms with Gasteiger partial charge in [0.2, 0.25) is 0 Å². The lowest BCUT2D eigenvalue weighted by molar-refractivity contribution is 0.0926. The lowest BCUT2D eigenvalue weighted by atomic mass is 9.91. The minimum absolute atomic E-state index is 0.0419. The molecule has 5 nitrogen and oxygen atoms in total. The highest BCUT2D eigenvalue weighted by molar-refractivity contribution is 6.03. The summed E-state index contributed by atoms with van der Waals surface area (Å²) in [6.07, 6.45) is 7.41. The van der Waals surface area contributed by atoms with Gasteiger partial charge in [-0.3, -0.25) is 9.78 Å². The quantitative estimate of drug-likeness (QED) is 0.538. The number of fused-ring (bicyclic) bond motifs is 2. The van der Waals surface area contributed by atoms with Crippen molar-refractivity contribution in [2.24, 2.45) is 5.73 Å². The molecule has 2 heterocycles. The number of rotatable bonds is 3. The third-order valence-corrected chi connectivity index (χ3v) is 5.82. The summed E-state index contributed by atoms with van der Waals surface area (Å²) in [7, 11) is 0. The molecule has 1 amide bonds. The second-order valence-electron chi connectivity index (χ2n) is 7.86. The third-order valence-electron chi connectivity index (χ3n) is 5.82. The van der Waals surface area contributed by atoms with Crippen molar-refractivity contribution in [1.82, 2.24) is 10.3 Å². The smallest absolute Gasteiger partial charge is 0.251 e. The normalized spacial score (nSPS) is 19.5. The number of carbonyl (C=O) groups excluding carboxylic acids is 1. The van der Waals surface area contributed by atoms with Crippen LogP contribution in [0.25, 0.3) is 33.1 Å². The number of nitrogens with one attached hydrogen (secondary N) is 1. The van der Waals surface area contributed by atoms with Crippen LogP contribution < -0.4 is 11.1 Å². The van der Waals surface area contributed by atoms with Gasteiger partial charge in [-0.1, -0.05) is 24.3 Å². The van der Waals surface area contributed by atoms with Crippen molar-refractivity contribution >= 4 is 27.6 Å². The standard InChI is InChI=1S/C24H23N3O2/c25-18-7-9-19(10-8-18)27-24(28)16-5-6-17-13-26-14-21(20(17)11-16)23-12-15-3-1-2-4-22(15)29-23/h1-6,11-14,18-19H,7-10,25H2,(H,27,28). The Kier molecular flexibility index (Phi) is 4.52. The van der Waals surface area contributed by atoms with Crippen molar-refractivity contribution in [3.63, 3.8) is 0 Å². The number of nitrogens with zero attached hydrogens (tertiary/aromatic N) is 1. The van der Waals surface area contributed by atoms with E-state index >= 15 is 0 Å². The fourth-order valence-corrected chi connectivity index (χ4v) is 4.15. The van der Waals surface area contributed by atoms with Gasteiger partial charge in [-0.05, 0) is 55.3 Å². The maximum absolute atomic E-state index is 12.8. The van der Waals surface area contributed by atoms with Crippen LogP contribution in [0.15, 0.2) is 65.3 Å².